The van der Waals surface area contributed by atoms with Gasteiger partial charge in [-0.15, -0.1) is 0 Å². The fourth-order valence-corrected chi connectivity index (χ4v) is 1.89. The smallest absolute Gasteiger partial charge is 0.222 e. The van der Waals surface area contributed by atoms with Gasteiger partial charge in [-0.2, -0.15) is 0 Å². The molecule has 1 aliphatic rings. The van der Waals surface area contributed by atoms with Crippen LogP contribution in [0.2, 0.25) is 0 Å². The molecule has 0 aliphatic carbocycles. The summed E-state index contributed by atoms with van der Waals surface area (Å²) in [6.45, 7) is 5.52. The first kappa shape index (κ1) is 11.8. The van der Waals surface area contributed by atoms with Crippen LogP contribution in [0.15, 0.2) is 12.4 Å². The van der Waals surface area contributed by atoms with Crippen LogP contribution < -0.4 is 5.32 Å². The van der Waals surface area contributed by atoms with Gasteiger partial charge in [-0.3, -0.25) is 4.79 Å². The summed E-state index contributed by atoms with van der Waals surface area (Å²) < 4.78 is 0. The summed E-state index contributed by atoms with van der Waals surface area (Å²) in [6.07, 6.45) is 3.12. The molecule has 1 aliphatic heterocycles. The third kappa shape index (κ3) is 2.93. The number of likely N-dealkylation sites (tertiary alicyclic amines) is 1. The van der Waals surface area contributed by atoms with Crippen LogP contribution >= 0.6 is 0 Å². The maximum atomic E-state index is 11.5. The van der Waals surface area contributed by atoms with Crippen molar-refractivity contribution in [2.75, 3.05) is 18.4 Å². The number of rotatable bonds is 4. The Bertz CT molecular complexity index is 401. The van der Waals surface area contributed by atoms with E-state index in [4.69, 9.17) is 0 Å². The number of nitrogens with zero attached hydrogens (tertiary/aromatic N) is 3. The molecular weight excluding hydrogens is 216 g/mol. The molecule has 1 aromatic rings. The van der Waals surface area contributed by atoms with Gasteiger partial charge in [0.15, 0.2) is 0 Å². The third-order valence-electron chi connectivity index (χ3n) is 2.85. The van der Waals surface area contributed by atoms with Gasteiger partial charge < -0.3 is 10.2 Å². The monoisotopic (exact) mass is 234 g/mol. The second-order valence-corrected chi connectivity index (χ2v) is 4.43. The quantitative estimate of drug-likeness (QED) is 0.850. The summed E-state index contributed by atoms with van der Waals surface area (Å²) in [5.74, 6) is 1.09. The second kappa shape index (κ2) is 5.12. The van der Waals surface area contributed by atoms with E-state index in [9.17, 15) is 4.79 Å². The van der Waals surface area contributed by atoms with E-state index in [1.165, 1.54) is 0 Å². The van der Waals surface area contributed by atoms with Gasteiger partial charge in [-0.05, 0) is 13.3 Å². The van der Waals surface area contributed by atoms with Crippen molar-refractivity contribution in [1.29, 1.82) is 0 Å². The molecule has 0 atom stereocenters. The lowest BCUT2D eigenvalue weighted by atomic mass is 10.1. The molecule has 17 heavy (non-hydrogen) atoms. The van der Waals surface area contributed by atoms with Crippen molar-refractivity contribution in [2.24, 2.45) is 0 Å². The molecule has 2 rings (SSSR count). The average molecular weight is 234 g/mol. The van der Waals surface area contributed by atoms with Crippen LogP contribution in [-0.2, 0) is 4.79 Å². The summed E-state index contributed by atoms with van der Waals surface area (Å²) in [7, 11) is 0. The maximum absolute atomic E-state index is 11.5. The number of nitrogens with one attached hydrogen (secondary N) is 1. The van der Waals surface area contributed by atoms with Crippen molar-refractivity contribution in [1.82, 2.24) is 14.9 Å². The van der Waals surface area contributed by atoms with Gasteiger partial charge in [0.25, 0.3) is 0 Å². The zero-order valence-electron chi connectivity index (χ0n) is 10.3. The minimum atomic E-state index is 0.254. The fourth-order valence-electron chi connectivity index (χ4n) is 1.89. The molecule has 92 valence electrons. The Morgan fingerprint density at radius 2 is 2.29 bits per heavy atom. The molecule has 0 radical (unpaired) electrons. The number of aryl methyl sites for hydroxylation is 1. The first-order valence-corrected chi connectivity index (χ1v) is 6.02. The molecule has 0 unspecified atom stereocenters. The van der Waals surface area contributed by atoms with Crippen molar-refractivity contribution in [2.45, 2.75) is 32.7 Å². The van der Waals surface area contributed by atoms with E-state index in [1.54, 1.807) is 6.33 Å². The summed E-state index contributed by atoms with van der Waals surface area (Å²) in [5.41, 5.74) is 0.945. The highest BCUT2D eigenvalue weighted by molar-refractivity contribution is 5.77. The summed E-state index contributed by atoms with van der Waals surface area (Å²) in [6, 6.07) is 2.24. The van der Waals surface area contributed by atoms with Crippen molar-refractivity contribution in [3.63, 3.8) is 0 Å². The van der Waals surface area contributed by atoms with E-state index in [1.807, 2.05) is 24.8 Å². The molecular formula is C12H18N4O. The van der Waals surface area contributed by atoms with E-state index < -0.39 is 0 Å². The Morgan fingerprint density at radius 3 is 2.94 bits per heavy atom. The maximum Gasteiger partial charge on any atom is 0.222 e. The molecule has 5 nitrogen and oxygen atoms in total. The molecule has 0 aromatic carbocycles. The number of hydrogen-bond donors (Lipinski definition) is 1. The van der Waals surface area contributed by atoms with E-state index in [0.717, 1.165) is 31.0 Å². The van der Waals surface area contributed by atoms with E-state index >= 15 is 0 Å². The van der Waals surface area contributed by atoms with E-state index in [0.29, 0.717) is 12.5 Å². The van der Waals surface area contributed by atoms with Crippen LogP contribution in [0.3, 0.4) is 0 Å². The molecule has 5 heteroatoms. The van der Waals surface area contributed by atoms with Gasteiger partial charge in [0.05, 0.1) is 6.04 Å². The van der Waals surface area contributed by atoms with Crippen molar-refractivity contribution in [3.05, 3.63) is 18.1 Å². The summed E-state index contributed by atoms with van der Waals surface area (Å²) in [4.78, 5) is 21.6. The Morgan fingerprint density at radius 1 is 1.53 bits per heavy atom. The largest absolute Gasteiger partial charge is 0.364 e. The van der Waals surface area contributed by atoms with Gasteiger partial charge in [-0.25, -0.2) is 9.97 Å². The third-order valence-corrected chi connectivity index (χ3v) is 2.85. The van der Waals surface area contributed by atoms with Crippen molar-refractivity contribution in [3.8, 4) is 0 Å². The molecule has 1 aromatic heterocycles. The lowest BCUT2D eigenvalue weighted by Gasteiger charge is -2.39. The molecule has 1 N–H and O–H groups in total. The Hall–Kier alpha value is -1.65. The van der Waals surface area contributed by atoms with Crippen LogP contribution in [0.25, 0.3) is 0 Å². The highest BCUT2D eigenvalue weighted by Crippen LogP contribution is 2.15. The van der Waals surface area contributed by atoms with Crippen molar-refractivity contribution < 1.29 is 4.79 Å². The highest BCUT2D eigenvalue weighted by Gasteiger charge is 2.29. The van der Waals surface area contributed by atoms with Gasteiger partial charge in [0.1, 0.15) is 12.1 Å². The lowest BCUT2D eigenvalue weighted by Crippen LogP contribution is -2.57. The van der Waals surface area contributed by atoms with Crippen molar-refractivity contribution >= 4 is 11.7 Å². The molecule has 0 saturated carbocycles. The predicted octanol–water partition coefficient (Wildman–Crippen LogP) is 1.21. The highest BCUT2D eigenvalue weighted by atomic mass is 16.2. The zero-order chi connectivity index (χ0) is 12.3. The Labute approximate surface area is 101 Å². The fraction of sp³-hybridized carbons (Fsp3) is 0.583. The normalized spacial score (nSPS) is 15.5. The number of carbonyl (C=O) groups is 1. The van der Waals surface area contributed by atoms with Gasteiger partial charge >= 0.3 is 0 Å². The number of aromatic nitrogens is 2. The number of anilines is 1. The Balaban J connectivity index is 1.79. The first-order chi connectivity index (χ1) is 8.19. The molecule has 0 spiro atoms. The first-order valence-electron chi connectivity index (χ1n) is 6.02. The minimum Gasteiger partial charge on any atom is -0.364 e. The van der Waals surface area contributed by atoms with Crippen LogP contribution in [-0.4, -0.2) is 39.9 Å². The number of hydrogen-bond acceptors (Lipinski definition) is 4. The summed E-state index contributed by atoms with van der Waals surface area (Å²) >= 11 is 0. The standard InChI is InChI=1S/C12H18N4O/c1-3-4-12(17)16-6-10(7-16)15-11-5-9(2)13-8-14-11/h5,8,10H,3-4,6-7H2,1-2H3,(H,13,14,15). The minimum absolute atomic E-state index is 0.254. The summed E-state index contributed by atoms with van der Waals surface area (Å²) in [5, 5.41) is 3.30. The number of amides is 1. The van der Waals surface area contributed by atoms with Gasteiger partial charge in [-0.1, -0.05) is 6.92 Å². The zero-order valence-corrected chi connectivity index (χ0v) is 10.3. The van der Waals surface area contributed by atoms with E-state index in [-0.39, 0.29) is 5.91 Å². The second-order valence-electron chi connectivity index (χ2n) is 4.43. The lowest BCUT2D eigenvalue weighted by molar-refractivity contribution is -0.135. The Kier molecular flexibility index (Phi) is 3.56. The average Bonchev–Trinajstić information content (AvgIpc) is 2.23. The molecule has 1 fully saturated rings. The van der Waals surface area contributed by atoms with Gasteiger partial charge in [0.2, 0.25) is 5.91 Å². The topological polar surface area (TPSA) is 58.1 Å². The molecule has 0 bridgehead atoms. The van der Waals surface area contributed by atoms with Crippen LogP contribution in [0.5, 0.6) is 0 Å². The van der Waals surface area contributed by atoms with Crippen LogP contribution in [0, 0.1) is 6.92 Å². The van der Waals surface area contributed by atoms with Crippen LogP contribution in [0.1, 0.15) is 25.5 Å². The predicted molar refractivity (Wildman–Crippen MR) is 65.7 cm³/mol. The van der Waals surface area contributed by atoms with Crippen LogP contribution in [0.4, 0.5) is 5.82 Å². The molecule has 1 amide bonds. The molecule has 2 heterocycles. The SMILES string of the molecule is CCCC(=O)N1CC(Nc2cc(C)ncn2)C1. The number of carbonyl (C=O) groups excluding carboxylic acids is 1. The molecule has 1 saturated heterocycles. The van der Waals surface area contributed by atoms with Gasteiger partial charge in [0, 0.05) is 31.3 Å². The van der Waals surface area contributed by atoms with E-state index in [2.05, 4.69) is 15.3 Å².